The number of aromatic nitrogens is 1. The minimum atomic E-state index is -4.43. The minimum absolute atomic E-state index is 0.202. The average molecular weight is 627 g/mol. The van der Waals surface area contributed by atoms with Crippen molar-refractivity contribution >= 4 is 95.0 Å². The molecule has 1 aliphatic heterocycles. The highest BCUT2D eigenvalue weighted by Crippen LogP contribution is 2.45. The third-order valence-corrected chi connectivity index (χ3v) is 8.49. The summed E-state index contributed by atoms with van der Waals surface area (Å²) in [6, 6.07) is 6.18. The van der Waals surface area contributed by atoms with E-state index in [-0.39, 0.29) is 20.1 Å². The van der Waals surface area contributed by atoms with Gasteiger partial charge in [-0.05, 0) is 36.4 Å². The van der Waals surface area contributed by atoms with Crippen molar-refractivity contribution in [2.75, 3.05) is 22.7 Å². The summed E-state index contributed by atoms with van der Waals surface area (Å²) in [5.41, 5.74) is 2.29. The highest BCUT2D eigenvalue weighted by atomic mass is 35.5. The maximum absolute atomic E-state index is 11.8. The predicted molar refractivity (Wildman–Crippen MR) is 149 cm³/mol. The normalized spacial score (nSPS) is 15.5. The van der Waals surface area contributed by atoms with E-state index in [1.807, 2.05) is 0 Å². The van der Waals surface area contributed by atoms with E-state index in [1.165, 1.54) is 17.0 Å². The molecule has 198 valence electrons. The van der Waals surface area contributed by atoms with Crippen LogP contribution >= 0.6 is 46.4 Å². The summed E-state index contributed by atoms with van der Waals surface area (Å²) in [7, 11) is -5.46. The topological polar surface area (TPSA) is 120 Å². The molecule has 2 N–H and O–H groups in total. The van der Waals surface area contributed by atoms with Gasteiger partial charge in [0.1, 0.15) is 11.6 Å². The van der Waals surface area contributed by atoms with Crippen LogP contribution in [-0.4, -0.2) is 43.4 Å². The molecular weight excluding hydrogens is 608 g/mol. The van der Waals surface area contributed by atoms with Gasteiger partial charge in [0.05, 0.1) is 37.0 Å². The maximum atomic E-state index is 11.8. The van der Waals surface area contributed by atoms with Crippen molar-refractivity contribution in [3.05, 3.63) is 73.6 Å². The fourth-order valence-electron chi connectivity index (χ4n) is 4.24. The molecule has 2 heterocycles. The van der Waals surface area contributed by atoms with Gasteiger partial charge in [-0.25, -0.2) is 0 Å². The van der Waals surface area contributed by atoms with Crippen molar-refractivity contribution in [2.24, 2.45) is 7.05 Å². The first-order valence-electron chi connectivity index (χ1n) is 10.3. The molecule has 15 heteroatoms. The number of hydrogen-bond acceptors (Lipinski definition) is 6. The quantitative estimate of drug-likeness (QED) is 0.328. The summed E-state index contributed by atoms with van der Waals surface area (Å²) in [6.07, 6.45) is 4.74. The smallest absolute Gasteiger partial charge is 0.283 e. The van der Waals surface area contributed by atoms with Gasteiger partial charge in [0.2, 0.25) is 0 Å². The third kappa shape index (κ3) is 5.74. The Kier molecular flexibility index (Phi) is 7.56. The predicted octanol–water partition coefficient (Wildman–Crippen LogP) is 5.84. The molecule has 0 aliphatic carbocycles. The number of hydrogen-bond donors (Lipinski definition) is 2. The Labute approximate surface area is 233 Å². The molecule has 0 spiro atoms. The van der Waals surface area contributed by atoms with E-state index in [4.69, 9.17) is 46.4 Å². The highest BCUT2D eigenvalue weighted by Gasteiger charge is 2.32. The number of halogens is 4. The lowest BCUT2D eigenvalue weighted by Crippen LogP contribution is -2.30. The van der Waals surface area contributed by atoms with Crippen molar-refractivity contribution in [3.8, 4) is 0 Å². The van der Waals surface area contributed by atoms with E-state index in [2.05, 4.69) is 0 Å². The van der Waals surface area contributed by atoms with E-state index in [0.717, 1.165) is 0 Å². The van der Waals surface area contributed by atoms with Gasteiger partial charge in [0.25, 0.3) is 20.2 Å². The number of fused-ring (bicyclic) bond motifs is 2. The monoisotopic (exact) mass is 625 g/mol. The molecule has 0 unspecified atom stereocenters. The van der Waals surface area contributed by atoms with Gasteiger partial charge in [-0.1, -0.05) is 52.5 Å². The number of nitrogens with zero attached hydrogens (tertiary/aromatic N) is 3. The fraction of sp³-hybridized carbons (Fsp3) is 0.182. The van der Waals surface area contributed by atoms with Crippen molar-refractivity contribution < 1.29 is 25.9 Å². The second-order valence-electron chi connectivity index (χ2n) is 8.27. The van der Waals surface area contributed by atoms with Crippen molar-refractivity contribution in [1.82, 2.24) is 4.57 Å². The van der Waals surface area contributed by atoms with Gasteiger partial charge in [0, 0.05) is 30.7 Å². The molecule has 0 radical (unpaired) electrons. The van der Waals surface area contributed by atoms with Gasteiger partial charge >= 0.3 is 0 Å². The van der Waals surface area contributed by atoms with E-state index < -0.39 is 31.9 Å². The highest BCUT2D eigenvalue weighted by molar-refractivity contribution is 7.85. The van der Waals surface area contributed by atoms with E-state index in [9.17, 15) is 25.9 Å². The lowest BCUT2D eigenvalue weighted by molar-refractivity contribution is 0.480. The van der Waals surface area contributed by atoms with E-state index >= 15 is 0 Å². The molecular formula is C22H19Cl4N3O6S2. The molecule has 0 saturated carbocycles. The first kappa shape index (κ1) is 28.1. The maximum Gasteiger partial charge on any atom is 0.283 e. The van der Waals surface area contributed by atoms with Gasteiger partial charge in [-0.2, -0.15) is 16.8 Å². The Morgan fingerprint density at radius 2 is 1.41 bits per heavy atom. The average Bonchev–Trinajstić information content (AvgIpc) is 3.13. The summed E-state index contributed by atoms with van der Waals surface area (Å²) in [5, 5.41) is 1.45. The van der Waals surface area contributed by atoms with Crippen LogP contribution in [0, 0.1) is 0 Å². The molecule has 0 fully saturated rings. The largest absolute Gasteiger partial charge is 0.344 e. The lowest BCUT2D eigenvalue weighted by Gasteiger charge is -2.21. The Balaban J connectivity index is 1.85. The molecule has 0 saturated heterocycles. The molecule has 37 heavy (non-hydrogen) atoms. The molecule has 9 nitrogen and oxygen atoms in total. The molecule has 1 aromatic heterocycles. The van der Waals surface area contributed by atoms with Crippen LogP contribution in [0.3, 0.4) is 0 Å². The number of aryl methyl sites for hydroxylation is 1. The SMILES string of the molecule is CN1/C(=C/C=C/c2c(CS(=O)(=O)O)c3cc(Cl)c(Cl)cc3n2C)N(CS(=O)(=O)O)c2cc(Cl)c(Cl)cc21. The standard InChI is InChI=1S/C22H19Cl4N3O6S2/c1-27-18(13(10-36(30,31)32)12-6-14(23)15(24)7-19(12)27)4-3-5-22-28(2)20-8-16(25)17(26)9-21(20)29(22)11-37(33,34)35/h3-9H,10-11H2,1-2H3,(H,30,31,32)(H,33,34,35)/b4-3+,22-5-. The molecule has 2 aromatic carbocycles. The van der Waals surface area contributed by atoms with E-state index in [0.29, 0.717) is 39.4 Å². The fourth-order valence-corrected chi connectivity index (χ4v) is 6.14. The van der Waals surface area contributed by atoms with Gasteiger partial charge in [0.15, 0.2) is 5.88 Å². The Hall–Kier alpha value is -1.96. The molecule has 0 amide bonds. The Morgan fingerprint density at radius 3 is 2.00 bits per heavy atom. The van der Waals surface area contributed by atoms with Crippen LogP contribution in [0.15, 0.2) is 42.2 Å². The minimum Gasteiger partial charge on any atom is -0.344 e. The van der Waals surface area contributed by atoms with Gasteiger partial charge in [-0.15, -0.1) is 0 Å². The Bertz CT molecular complexity index is 1720. The van der Waals surface area contributed by atoms with Crippen LogP contribution in [0.1, 0.15) is 11.3 Å². The summed E-state index contributed by atoms with van der Waals surface area (Å²) in [5.74, 6) is -1.06. The van der Waals surface area contributed by atoms with Crippen LogP contribution in [0.2, 0.25) is 20.1 Å². The molecule has 1 aliphatic rings. The second kappa shape index (κ2) is 9.97. The summed E-state index contributed by atoms with van der Waals surface area (Å²) < 4.78 is 67.9. The zero-order valence-corrected chi connectivity index (χ0v) is 23.8. The molecule has 0 atom stereocenters. The number of benzene rings is 2. The van der Waals surface area contributed by atoms with Gasteiger partial charge < -0.3 is 14.4 Å². The summed E-state index contributed by atoms with van der Waals surface area (Å²) in [6.45, 7) is 0. The zero-order chi connectivity index (χ0) is 27.4. The van der Waals surface area contributed by atoms with Crippen molar-refractivity contribution in [3.63, 3.8) is 0 Å². The number of anilines is 2. The number of rotatable bonds is 6. The summed E-state index contributed by atoms with van der Waals surface area (Å²) in [4.78, 5) is 3.00. The van der Waals surface area contributed by atoms with Crippen LogP contribution in [0.25, 0.3) is 17.0 Å². The Morgan fingerprint density at radius 1 is 0.838 bits per heavy atom. The van der Waals surface area contributed by atoms with Crippen LogP contribution < -0.4 is 9.80 Å². The first-order valence-corrected chi connectivity index (χ1v) is 15.1. The third-order valence-electron chi connectivity index (χ3n) is 5.80. The first-order chi connectivity index (χ1) is 17.1. The van der Waals surface area contributed by atoms with Crippen LogP contribution in [0.5, 0.6) is 0 Å². The van der Waals surface area contributed by atoms with E-state index in [1.54, 1.807) is 53.9 Å². The molecule has 0 bridgehead atoms. The van der Waals surface area contributed by atoms with Crippen LogP contribution in [0.4, 0.5) is 11.4 Å². The molecule has 4 rings (SSSR count). The van der Waals surface area contributed by atoms with Crippen molar-refractivity contribution in [2.45, 2.75) is 5.75 Å². The van der Waals surface area contributed by atoms with Crippen LogP contribution in [-0.2, 0) is 33.0 Å². The summed E-state index contributed by atoms with van der Waals surface area (Å²) >= 11 is 24.6. The second-order valence-corrected chi connectivity index (χ2v) is 12.8. The lowest BCUT2D eigenvalue weighted by atomic mass is 10.1. The molecule has 3 aromatic rings. The zero-order valence-electron chi connectivity index (χ0n) is 19.2. The van der Waals surface area contributed by atoms with Gasteiger partial charge in [-0.3, -0.25) is 9.11 Å². The van der Waals surface area contributed by atoms with Crippen molar-refractivity contribution in [1.29, 1.82) is 0 Å². The number of allylic oxidation sites excluding steroid dienone is 2.